The molecule has 1 heterocycles. The molecule has 9 heteroatoms. The number of rotatable bonds is 8. The van der Waals surface area contributed by atoms with Crippen LogP contribution in [0.25, 0.3) is 0 Å². The van der Waals surface area contributed by atoms with E-state index in [0.717, 1.165) is 24.8 Å². The molecule has 35 heavy (non-hydrogen) atoms. The first kappa shape index (κ1) is 24.9. The van der Waals surface area contributed by atoms with Gasteiger partial charge >= 0.3 is 0 Å². The van der Waals surface area contributed by atoms with Gasteiger partial charge in [0.05, 0.1) is 18.5 Å². The molecule has 3 aromatic carbocycles. The van der Waals surface area contributed by atoms with Crippen molar-refractivity contribution < 1.29 is 17.9 Å². The smallest absolute Gasteiger partial charge is 0.263 e. The number of hydrogen-bond donors (Lipinski definition) is 2. The van der Waals surface area contributed by atoms with Crippen LogP contribution >= 0.6 is 11.6 Å². The number of methoxy groups -OCH3 is 1. The van der Waals surface area contributed by atoms with Crippen molar-refractivity contribution in [1.29, 1.82) is 0 Å². The van der Waals surface area contributed by atoms with Gasteiger partial charge < -0.3 is 15.0 Å². The van der Waals surface area contributed by atoms with E-state index in [1.54, 1.807) is 47.4 Å². The fraction of sp³-hybridized carbons (Fsp3) is 0.269. The van der Waals surface area contributed by atoms with Gasteiger partial charge in [0, 0.05) is 36.3 Å². The van der Waals surface area contributed by atoms with Gasteiger partial charge in [0.1, 0.15) is 10.6 Å². The van der Waals surface area contributed by atoms with Gasteiger partial charge in [0.2, 0.25) is 0 Å². The van der Waals surface area contributed by atoms with E-state index < -0.39 is 10.0 Å². The van der Waals surface area contributed by atoms with Crippen molar-refractivity contribution in [3.8, 4) is 5.75 Å². The van der Waals surface area contributed by atoms with Gasteiger partial charge in [-0.25, -0.2) is 8.42 Å². The summed E-state index contributed by atoms with van der Waals surface area (Å²) in [5, 5.41) is 3.76. The van der Waals surface area contributed by atoms with Crippen molar-refractivity contribution in [3.63, 3.8) is 0 Å². The molecule has 1 saturated heterocycles. The number of nitrogens with one attached hydrogen (secondary N) is 2. The second kappa shape index (κ2) is 11.0. The predicted octanol–water partition coefficient (Wildman–Crippen LogP) is 5.39. The number of anilines is 2. The molecule has 0 saturated carbocycles. The third-order valence-electron chi connectivity index (χ3n) is 5.91. The van der Waals surface area contributed by atoms with Crippen molar-refractivity contribution in [1.82, 2.24) is 4.90 Å². The average molecular weight is 514 g/mol. The molecule has 0 atom stereocenters. The Balaban J connectivity index is 1.68. The first-order valence-electron chi connectivity index (χ1n) is 11.4. The number of carbonyl (C=O) groups excluding carboxylic acids is 1. The second-order valence-electron chi connectivity index (χ2n) is 8.35. The lowest BCUT2D eigenvalue weighted by Gasteiger charge is -2.27. The van der Waals surface area contributed by atoms with Crippen LogP contribution in [0.1, 0.15) is 35.2 Å². The Morgan fingerprint density at radius 3 is 2.51 bits per heavy atom. The molecule has 2 N–H and O–H groups in total. The van der Waals surface area contributed by atoms with Gasteiger partial charge in [0.15, 0.2) is 0 Å². The monoisotopic (exact) mass is 513 g/mol. The van der Waals surface area contributed by atoms with E-state index in [1.165, 1.54) is 13.2 Å². The topological polar surface area (TPSA) is 87.7 Å². The molecule has 184 valence electrons. The zero-order valence-corrected chi connectivity index (χ0v) is 21.0. The van der Waals surface area contributed by atoms with Crippen LogP contribution in [-0.4, -0.2) is 39.4 Å². The minimum absolute atomic E-state index is 0.0183. The quantitative estimate of drug-likeness (QED) is 0.422. The summed E-state index contributed by atoms with van der Waals surface area (Å²) in [5.41, 5.74) is 1.89. The molecule has 0 radical (unpaired) electrons. The molecule has 1 fully saturated rings. The second-order valence-corrected chi connectivity index (χ2v) is 10.4. The Labute approximate surface area is 211 Å². The van der Waals surface area contributed by atoms with Crippen LogP contribution in [0.3, 0.4) is 0 Å². The maximum Gasteiger partial charge on any atom is 0.263 e. The Bertz CT molecular complexity index is 1310. The van der Waals surface area contributed by atoms with Crippen molar-refractivity contribution in [2.24, 2.45) is 0 Å². The molecule has 0 aliphatic carbocycles. The van der Waals surface area contributed by atoms with Crippen LogP contribution in [0.5, 0.6) is 5.75 Å². The summed E-state index contributed by atoms with van der Waals surface area (Å²) in [6.07, 6.45) is 3.00. The Morgan fingerprint density at radius 2 is 1.77 bits per heavy atom. The number of amides is 1. The van der Waals surface area contributed by atoms with Gasteiger partial charge in [-0.15, -0.1) is 0 Å². The highest BCUT2D eigenvalue weighted by atomic mass is 35.5. The number of carbonyl (C=O) groups is 1. The maximum absolute atomic E-state index is 13.5. The summed E-state index contributed by atoms with van der Waals surface area (Å²) < 4.78 is 34.8. The van der Waals surface area contributed by atoms with Crippen molar-refractivity contribution in [2.75, 3.05) is 30.2 Å². The van der Waals surface area contributed by atoms with E-state index >= 15 is 0 Å². The van der Waals surface area contributed by atoms with E-state index in [2.05, 4.69) is 10.0 Å². The van der Waals surface area contributed by atoms with Crippen molar-refractivity contribution >= 4 is 38.9 Å². The third kappa shape index (κ3) is 6.07. The minimum atomic E-state index is -4.04. The molecule has 0 aromatic heterocycles. The van der Waals surface area contributed by atoms with Crippen LogP contribution in [-0.2, 0) is 16.6 Å². The van der Waals surface area contributed by atoms with E-state index in [0.29, 0.717) is 47.3 Å². The molecule has 0 unspecified atom stereocenters. The first-order chi connectivity index (χ1) is 16.9. The highest BCUT2D eigenvalue weighted by molar-refractivity contribution is 7.92. The summed E-state index contributed by atoms with van der Waals surface area (Å²) in [7, 11) is -2.53. The summed E-state index contributed by atoms with van der Waals surface area (Å²) in [6, 6.07) is 18.7. The number of likely N-dealkylation sites (tertiary alicyclic amines) is 1. The molecule has 1 aliphatic heterocycles. The largest absolute Gasteiger partial charge is 0.497 e. The average Bonchev–Trinajstić information content (AvgIpc) is 2.88. The van der Waals surface area contributed by atoms with Gasteiger partial charge in [-0.2, -0.15) is 0 Å². The van der Waals surface area contributed by atoms with E-state index in [4.69, 9.17) is 16.3 Å². The van der Waals surface area contributed by atoms with Crippen LogP contribution in [0, 0.1) is 0 Å². The van der Waals surface area contributed by atoms with Gasteiger partial charge in [-0.3, -0.25) is 9.52 Å². The summed E-state index contributed by atoms with van der Waals surface area (Å²) in [4.78, 5) is 14.9. The fourth-order valence-electron chi connectivity index (χ4n) is 4.03. The summed E-state index contributed by atoms with van der Waals surface area (Å²) in [6.45, 7) is 1.67. The zero-order valence-electron chi connectivity index (χ0n) is 19.5. The number of halogens is 1. The van der Waals surface area contributed by atoms with Gasteiger partial charge in [-0.05, 0) is 61.2 Å². The van der Waals surface area contributed by atoms with E-state index in [9.17, 15) is 13.2 Å². The number of ether oxygens (including phenoxy) is 1. The summed E-state index contributed by atoms with van der Waals surface area (Å²) in [5.74, 6) is 0.358. The zero-order chi connectivity index (χ0) is 24.8. The number of piperidine rings is 1. The summed E-state index contributed by atoms with van der Waals surface area (Å²) >= 11 is 6.28. The number of hydrogen-bond acceptors (Lipinski definition) is 5. The fourth-order valence-corrected chi connectivity index (χ4v) is 5.49. The maximum atomic E-state index is 13.5. The van der Waals surface area contributed by atoms with E-state index in [1.807, 2.05) is 18.2 Å². The van der Waals surface area contributed by atoms with Gasteiger partial charge in [0.25, 0.3) is 15.9 Å². The molecule has 4 rings (SSSR count). The van der Waals surface area contributed by atoms with Crippen LogP contribution in [0.15, 0.2) is 71.6 Å². The third-order valence-corrected chi connectivity index (χ3v) is 7.70. The molecule has 0 spiro atoms. The lowest BCUT2D eigenvalue weighted by atomic mass is 10.1. The highest BCUT2D eigenvalue weighted by Gasteiger charge is 2.24. The Morgan fingerprint density at radius 1 is 1.00 bits per heavy atom. The lowest BCUT2D eigenvalue weighted by molar-refractivity contribution is 0.0724. The SMILES string of the molecule is COc1cccc(NS(=O)(=O)c2cc(C(=O)N3CCCCC3)ccc2NCc2ccccc2Cl)c1. The number of nitrogens with zero attached hydrogens (tertiary/aromatic N) is 1. The molecule has 1 amide bonds. The normalized spacial score (nSPS) is 13.8. The van der Waals surface area contributed by atoms with Crippen molar-refractivity contribution in [3.05, 3.63) is 82.9 Å². The highest BCUT2D eigenvalue weighted by Crippen LogP contribution is 2.29. The first-order valence-corrected chi connectivity index (χ1v) is 13.3. The molecule has 3 aromatic rings. The standard InChI is InChI=1S/C26H28ClN3O4S/c1-34-22-10-7-9-21(17-22)29-35(32,33)25-16-19(26(31)30-14-5-2-6-15-30)12-13-24(25)28-18-20-8-3-4-11-23(20)27/h3-4,7-13,16-17,28-29H,2,5-6,14-15,18H2,1H3. The number of sulfonamides is 1. The van der Waals surface area contributed by atoms with Crippen molar-refractivity contribution in [2.45, 2.75) is 30.7 Å². The molecule has 0 bridgehead atoms. The van der Waals surface area contributed by atoms with Crippen LogP contribution in [0.4, 0.5) is 11.4 Å². The molecule has 1 aliphatic rings. The predicted molar refractivity (Wildman–Crippen MR) is 139 cm³/mol. The Kier molecular flexibility index (Phi) is 7.83. The van der Waals surface area contributed by atoms with E-state index in [-0.39, 0.29) is 10.8 Å². The molecular formula is C26H28ClN3O4S. The molecular weight excluding hydrogens is 486 g/mol. The lowest BCUT2D eigenvalue weighted by Crippen LogP contribution is -2.35. The van der Waals surface area contributed by atoms with Gasteiger partial charge in [-0.1, -0.05) is 35.9 Å². The minimum Gasteiger partial charge on any atom is -0.497 e. The van der Waals surface area contributed by atoms with Crippen LogP contribution in [0.2, 0.25) is 5.02 Å². The number of benzene rings is 3. The Hall–Kier alpha value is -3.23. The molecule has 7 nitrogen and oxygen atoms in total. The van der Waals surface area contributed by atoms with Crippen LogP contribution < -0.4 is 14.8 Å².